The predicted molar refractivity (Wildman–Crippen MR) is 64.7 cm³/mol. The average Bonchev–Trinajstić information content (AvgIpc) is 3.05. The van der Waals surface area contributed by atoms with E-state index in [-0.39, 0.29) is 5.76 Å². The van der Waals surface area contributed by atoms with Crippen LogP contribution in [-0.4, -0.2) is 25.7 Å². The van der Waals surface area contributed by atoms with Gasteiger partial charge in [-0.1, -0.05) is 5.57 Å². The van der Waals surface area contributed by atoms with Crippen molar-refractivity contribution < 1.29 is 13.9 Å². The summed E-state index contributed by atoms with van der Waals surface area (Å²) in [6.45, 7) is 2.90. The third-order valence-electron chi connectivity index (χ3n) is 2.65. The number of rotatable bonds is 5. The van der Waals surface area contributed by atoms with Crippen LogP contribution in [0.25, 0.3) is 6.08 Å². The van der Waals surface area contributed by atoms with E-state index in [1.807, 2.05) is 13.0 Å². The molecule has 1 aromatic rings. The van der Waals surface area contributed by atoms with Crippen molar-refractivity contribution in [2.45, 2.75) is 25.8 Å². The van der Waals surface area contributed by atoms with Gasteiger partial charge in [0.05, 0.1) is 7.11 Å². The summed E-state index contributed by atoms with van der Waals surface area (Å²) in [5.74, 6) is 0.473. The number of hydrogen-bond acceptors (Lipinski definition) is 4. The highest BCUT2D eigenvalue weighted by Gasteiger charge is 2.19. The van der Waals surface area contributed by atoms with Crippen LogP contribution in [0, 0.1) is 0 Å². The molecule has 1 aromatic heterocycles. The first-order valence-corrected chi connectivity index (χ1v) is 5.78. The SMILES string of the molecule is COC(=O)c1ccc(C=C(C)CNC2CC2)o1. The highest BCUT2D eigenvalue weighted by atomic mass is 16.5. The molecule has 0 unspecified atom stereocenters. The first kappa shape index (κ1) is 11.9. The van der Waals surface area contributed by atoms with Gasteiger partial charge in [-0.15, -0.1) is 0 Å². The summed E-state index contributed by atoms with van der Waals surface area (Å²) in [5, 5.41) is 3.42. The highest BCUT2D eigenvalue weighted by Crippen LogP contribution is 2.19. The molecule has 0 radical (unpaired) electrons. The molecule has 0 amide bonds. The van der Waals surface area contributed by atoms with E-state index in [9.17, 15) is 4.79 Å². The number of nitrogens with one attached hydrogen (secondary N) is 1. The Hall–Kier alpha value is -1.55. The van der Waals surface area contributed by atoms with E-state index in [4.69, 9.17) is 4.42 Å². The molecule has 1 aliphatic carbocycles. The number of methoxy groups -OCH3 is 1. The second kappa shape index (κ2) is 5.19. The molecule has 4 nitrogen and oxygen atoms in total. The number of furan rings is 1. The first-order chi connectivity index (χ1) is 8.19. The molecular weight excluding hydrogens is 218 g/mol. The molecule has 0 aromatic carbocycles. The topological polar surface area (TPSA) is 51.5 Å². The van der Waals surface area contributed by atoms with Crippen molar-refractivity contribution in [1.82, 2.24) is 5.32 Å². The lowest BCUT2D eigenvalue weighted by molar-refractivity contribution is 0.0564. The predicted octanol–water partition coefficient (Wildman–Crippen LogP) is 2.22. The second-order valence-electron chi connectivity index (χ2n) is 4.34. The van der Waals surface area contributed by atoms with E-state index in [0.29, 0.717) is 11.8 Å². The molecular formula is C13H17NO3. The van der Waals surface area contributed by atoms with E-state index in [1.54, 1.807) is 12.1 Å². The third kappa shape index (κ3) is 3.46. The molecule has 92 valence electrons. The zero-order valence-electron chi connectivity index (χ0n) is 10.2. The van der Waals surface area contributed by atoms with Crippen molar-refractivity contribution >= 4 is 12.0 Å². The smallest absolute Gasteiger partial charge is 0.373 e. The molecule has 1 aliphatic rings. The van der Waals surface area contributed by atoms with E-state index in [0.717, 1.165) is 6.54 Å². The molecule has 0 aliphatic heterocycles. The van der Waals surface area contributed by atoms with Gasteiger partial charge in [0.25, 0.3) is 0 Å². The Bertz CT molecular complexity index is 430. The summed E-state index contributed by atoms with van der Waals surface area (Å²) in [7, 11) is 1.34. The molecule has 0 atom stereocenters. The molecule has 1 saturated carbocycles. The fourth-order valence-corrected chi connectivity index (χ4v) is 1.53. The van der Waals surface area contributed by atoms with Crippen molar-refractivity contribution in [3.63, 3.8) is 0 Å². The van der Waals surface area contributed by atoms with Crippen LogP contribution < -0.4 is 5.32 Å². The van der Waals surface area contributed by atoms with Gasteiger partial charge in [-0.05, 0) is 38.0 Å². The average molecular weight is 235 g/mol. The van der Waals surface area contributed by atoms with E-state index < -0.39 is 5.97 Å². The Balaban J connectivity index is 1.93. The zero-order chi connectivity index (χ0) is 12.3. The van der Waals surface area contributed by atoms with Gasteiger partial charge in [-0.3, -0.25) is 0 Å². The van der Waals surface area contributed by atoms with Crippen molar-refractivity contribution in [3.05, 3.63) is 29.2 Å². The van der Waals surface area contributed by atoms with Crippen LogP contribution in [0.2, 0.25) is 0 Å². The molecule has 2 rings (SSSR count). The van der Waals surface area contributed by atoms with Crippen LogP contribution in [0.15, 0.2) is 22.1 Å². The van der Waals surface area contributed by atoms with Gasteiger partial charge < -0.3 is 14.5 Å². The van der Waals surface area contributed by atoms with Gasteiger partial charge in [0, 0.05) is 12.6 Å². The van der Waals surface area contributed by atoms with Gasteiger partial charge >= 0.3 is 5.97 Å². The maximum absolute atomic E-state index is 11.2. The first-order valence-electron chi connectivity index (χ1n) is 5.78. The summed E-state index contributed by atoms with van der Waals surface area (Å²) in [4.78, 5) is 11.2. The lowest BCUT2D eigenvalue weighted by atomic mass is 10.2. The third-order valence-corrected chi connectivity index (χ3v) is 2.65. The highest BCUT2D eigenvalue weighted by molar-refractivity contribution is 5.86. The quantitative estimate of drug-likeness (QED) is 0.795. The van der Waals surface area contributed by atoms with Gasteiger partial charge in [0.1, 0.15) is 5.76 Å². The monoisotopic (exact) mass is 235 g/mol. The molecule has 1 N–H and O–H groups in total. The minimum absolute atomic E-state index is 0.238. The van der Waals surface area contributed by atoms with Crippen LogP contribution in [0.4, 0.5) is 0 Å². The summed E-state index contributed by atoms with van der Waals surface area (Å²) in [6.07, 6.45) is 4.49. The Labute approximate surface area is 101 Å². The molecule has 1 heterocycles. The molecule has 17 heavy (non-hydrogen) atoms. The van der Waals surface area contributed by atoms with E-state index in [1.165, 1.54) is 25.5 Å². The van der Waals surface area contributed by atoms with Crippen LogP contribution in [0.3, 0.4) is 0 Å². The molecule has 0 saturated heterocycles. The molecule has 4 heteroatoms. The van der Waals surface area contributed by atoms with Crippen molar-refractivity contribution in [1.29, 1.82) is 0 Å². The Morgan fingerprint density at radius 3 is 3.00 bits per heavy atom. The Kier molecular flexibility index (Phi) is 3.64. The maximum Gasteiger partial charge on any atom is 0.373 e. The lowest BCUT2D eigenvalue weighted by Crippen LogP contribution is -2.18. The van der Waals surface area contributed by atoms with Crippen molar-refractivity contribution in [2.75, 3.05) is 13.7 Å². The minimum Gasteiger partial charge on any atom is -0.463 e. The van der Waals surface area contributed by atoms with Gasteiger partial charge in [0.2, 0.25) is 5.76 Å². The van der Waals surface area contributed by atoms with Crippen molar-refractivity contribution in [2.24, 2.45) is 0 Å². The maximum atomic E-state index is 11.2. The standard InChI is InChI=1S/C13H17NO3/c1-9(8-14-10-3-4-10)7-11-5-6-12(17-11)13(15)16-2/h5-7,10,14H,3-4,8H2,1-2H3. The molecule has 0 bridgehead atoms. The number of carbonyl (C=O) groups excluding carboxylic acids is 1. The van der Waals surface area contributed by atoms with Gasteiger partial charge in [-0.25, -0.2) is 4.79 Å². The number of esters is 1. The minimum atomic E-state index is -0.446. The summed E-state index contributed by atoms with van der Waals surface area (Å²) in [6, 6.07) is 4.09. The largest absolute Gasteiger partial charge is 0.463 e. The number of ether oxygens (including phenoxy) is 1. The summed E-state index contributed by atoms with van der Waals surface area (Å²) < 4.78 is 9.93. The zero-order valence-corrected chi connectivity index (χ0v) is 10.2. The van der Waals surface area contributed by atoms with Gasteiger partial charge in [0.15, 0.2) is 0 Å². The van der Waals surface area contributed by atoms with Crippen LogP contribution in [0.1, 0.15) is 36.1 Å². The summed E-state index contributed by atoms with van der Waals surface area (Å²) >= 11 is 0. The number of hydrogen-bond donors (Lipinski definition) is 1. The van der Waals surface area contributed by atoms with Crippen LogP contribution in [-0.2, 0) is 4.74 Å². The summed E-state index contributed by atoms with van der Waals surface area (Å²) in [5.41, 5.74) is 1.18. The van der Waals surface area contributed by atoms with Crippen LogP contribution >= 0.6 is 0 Å². The fourth-order valence-electron chi connectivity index (χ4n) is 1.53. The second-order valence-corrected chi connectivity index (χ2v) is 4.34. The Morgan fingerprint density at radius 1 is 1.59 bits per heavy atom. The Morgan fingerprint density at radius 2 is 2.35 bits per heavy atom. The fraction of sp³-hybridized carbons (Fsp3) is 0.462. The van der Waals surface area contributed by atoms with Gasteiger partial charge in [-0.2, -0.15) is 0 Å². The van der Waals surface area contributed by atoms with Crippen LogP contribution in [0.5, 0.6) is 0 Å². The van der Waals surface area contributed by atoms with E-state index >= 15 is 0 Å². The van der Waals surface area contributed by atoms with Crippen molar-refractivity contribution in [3.8, 4) is 0 Å². The van der Waals surface area contributed by atoms with E-state index in [2.05, 4.69) is 10.1 Å². The lowest BCUT2D eigenvalue weighted by Gasteiger charge is -2.01. The normalized spacial score (nSPS) is 16.0. The number of carbonyl (C=O) groups is 1. The molecule has 1 fully saturated rings. The molecule has 0 spiro atoms.